The zero-order chi connectivity index (χ0) is 48.0. The molecular weight excluding hydrogens is 881 g/mol. The van der Waals surface area contributed by atoms with Gasteiger partial charge in [0.25, 0.3) is 0 Å². The van der Waals surface area contributed by atoms with E-state index in [9.17, 15) is 0 Å². The molecule has 1 aliphatic heterocycles. The molecule has 0 radical (unpaired) electrons. The van der Waals surface area contributed by atoms with Crippen LogP contribution in [-0.4, -0.2) is 4.57 Å². The summed E-state index contributed by atoms with van der Waals surface area (Å²) in [7, 11) is 0. The summed E-state index contributed by atoms with van der Waals surface area (Å²) in [6.45, 7) is 0. The van der Waals surface area contributed by atoms with Crippen molar-refractivity contribution >= 4 is 49.6 Å². The molecule has 2 nitrogen and oxygen atoms in total. The van der Waals surface area contributed by atoms with Crippen molar-refractivity contribution in [3.8, 4) is 61.3 Å². The van der Waals surface area contributed by atoms with E-state index in [1.54, 1.807) is 0 Å². The first-order valence-electron chi connectivity index (χ1n) is 25.3. The number of aromatic nitrogens is 1. The number of anilines is 3. The highest BCUT2D eigenvalue weighted by molar-refractivity contribution is 6.13. The number of rotatable bonds is 7. The molecule has 1 aromatic heterocycles. The monoisotopic (exact) mass is 926 g/mol. The smallest absolute Gasteiger partial charge is 0.0754 e. The molecule has 0 saturated carbocycles. The van der Waals surface area contributed by atoms with Crippen molar-refractivity contribution in [3.63, 3.8) is 0 Å². The highest BCUT2D eigenvalue weighted by Gasteiger charge is 2.51. The van der Waals surface area contributed by atoms with Crippen molar-refractivity contribution in [2.75, 3.05) is 4.90 Å². The second-order valence-corrected chi connectivity index (χ2v) is 19.5. The summed E-state index contributed by atoms with van der Waals surface area (Å²) < 4.78 is 2.53. The van der Waals surface area contributed by atoms with Crippen molar-refractivity contribution < 1.29 is 0 Å². The molecule has 73 heavy (non-hydrogen) atoms. The fraction of sp³-hybridized carbons (Fsp3) is 0.0141. The van der Waals surface area contributed by atoms with Gasteiger partial charge in [-0.2, -0.15) is 0 Å². The van der Waals surface area contributed by atoms with Gasteiger partial charge in [-0.1, -0.05) is 243 Å². The molecule has 1 spiro atoms. The van der Waals surface area contributed by atoms with Crippen LogP contribution in [0.4, 0.5) is 17.1 Å². The fourth-order valence-corrected chi connectivity index (χ4v) is 12.9. The van der Waals surface area contributed by atoms with Crippen molar-refractivity contribution in [1.82, 2.24) is 4.57 Å². The molecule has 1 aliphatic carbocycles. The van der Waals surface area contributed by atoms with Crippen LogP contribution in [0.5, 0.6) is 0 Å². The molecule has 0 N–H and O–H groups in total. The third kappa shape index (κ3) is 5.99. The lowest BCUT2D eigenvalue weighted by Gasteiger charge is -2.39. The maximum absolute atomic E-state index is 2.53. The molecule has 0 amide bonds. The number of nitrogens with zero attached hydrogens (tertiary/aromatic N) is 2. The van der Waals surface area contributed by atoms with Crippen LogP contribution in [0.1, 0.15) is 22.3 Å². The number of hydrogen-bond donors (Lipinski definition) is 0. The van der Waals surface area contributed by atoms with Gasteiger partial charge in [-0.05, 0) is 109 Å². The van der Waals surface area contributed by atoms with Gasteiger partial charge in [-0.15, -0.1) is 0 Å². The summed E-state index contributed by atoms with van der Waals surface area (Å²) in [4.78, 5) is 2.51. The maximum Gasteiger partial charge on any atom is 0.0754 e. The van der Waals surface area contributed by atoms with Gasteiger partial charge in [-0.25, -0.2) is 0 Å². The first-order chi connectivity index (χ1) is 36.3. The predicted molar refractivity (Wildman–Crippen MR) is 306 cm³/mol. The zero-order valence-corrected chi connectivity index (χ0v) is 40.0. The fourth-order valence-electron chi connectivity index (χ4n) is 12.9. The van der Waals surface area contributed by atoms with Crippen LogP contribution in [0.25, 0.3) is 93.9 Å². The lowest BCUT2D eigenvalue weighted by molar-refractivity contribution is 0.749. The summed E-state index contributed by atoms with van der Waals surface area (Å²) in [6.07, 6.45) is 0. The minimum atomic E-state index is -0.546. The van der Waals surface area contributed by atoms with E-state index >= 15 is 0 Å². The highest BCUT2D eigenvalue weighted by atomic mass is 15.1. The van der Waals surface area contributed by atoms with Crippen LogP contribution < -0.4 is 4.90 Å². The lowest BCUT2D eigenvalue weighted by Crippen LogP contribution is -2.33. The highest BCUT2D eigenvalue weighted by Crippen LogP contribution is 2.62. The largest absolute Gasteiger partial charge is 0.309 e. The van der Waals surface area contributed by atoms with Crippen LogP contribution in [-0.2, 0) is 5.41 Å². The molecule has 1 atom stereocenters. The minimum Gasteiger partial charge on any atom is -0.309 e. The second-order valence-electron chi connectivity index (χ2n) is 19.5. The molecule has 15 rings (SSSR count). The van der Waals surface area contributed by atoms with Crippen LogP contribution in [0.15, 0.2) is 279 Å². The normalized spacial score (nSPS) is 14.1. The minimum absolute atomic E-state index is 0.546. The topological polar surface area (TPSA) is 8.17 Å². The molecule has 13 aromatic rings. The third-order valence-corrected chi connectivity index (χ3v) is 15.8. The Hall–Kier alpha value is -9.50. The summed E-state index contributed by atoms with van der Waals surface area (Å²) in [6, 6.07) is 103. The Morgan fingerprint density at radius 2 is 0.781 bits per heavy atom. The van der Waals surface area contributed by atoms with Crippen LogP contribution in [0.3, 0.4) is 0 Å². The van der Waals surface area contributed by atoms with E-state index in [0.29, 0.717) is 0 Å². The second kappa shape index (κ2) is 16.3. The van der Waals surface area contributed by atoms with Gasteiger partial charge in [0.1, 0.15) is 0 Å². The van der Waals surface area contributed by atoms with E-state index in [2.05, 4.69) is 289 Å². The first-order valence-corrected chi connectivity index (χ1v) is 25.3. The molecule has 0 saturated heterocycles. The maximum atomic E-state index is 2.53. The Labute approximate surface area is 425 Å². The number of fused-ring (bicyclic) bond motifs is 13. The van der Waals surface area contributed by atoms with Crippen molar-refractivity contribution in [3.05, 3.63) is 301 Å². The molecule has 2 aliphatic rings. The van der Waals surface area contributed by atoms with Crippen molar-refractivity contribution in [1.29, 1.82) is 0 Å². The quantitative estimate of drug-likeness (QED) is 0.155. The van der Waals surface area contributed by atoms with Crippen LogP contribution in [0.2, 0.25) is 0 Å². The molecule has 2 heteroatoms. The van der Waals surface area contributed by atoms with Gasteiger partial charge < -0.3 is 9.47 Å². The Kier molecular flexibility index (Phi) is 9.21. The SMILES string of the molecule is c1ccc(-c2ccccc2-c2ccccc2N(c2ccccc2-c2ccccc2)c2ccc(-c3ccc4c(c3)C3(c5ccccc5-4)c4ccccc4-n4c5ccccc5c5cccc3c54)c3ccccc23)cc1. The van der Waals surface area contributed by atoms with E-state index < -0.39 is 5.41 Å². The summed E-state index contributed by atoms with van der Waals surface area (Å²) >= 11 is 0. The lowest BCUT2D eigenvalue weighted by atomic mass is 9.65. The van der Waals surface area contributed by atoms with Gasteiger partial charge in [0, 0.05) is 27.3 Å². The van der Waals surface area contributed by atoms with Crippen LogP contribution >= 0.6 is 0 Å². The van der Waals surface area contributed by atoms with Crippen molar-refractivity contribution in [2.24, 2.45) is 0 Å². The summed E-state index contributed by atoms with van der Waals surface area (Å²) in [5.74, 6) is 0. The van der Waals surface area contributed by atoms with Crippen molar-refractivity contribution in [2.45, 2.75) is 5.41 Å². The molecule has 340 valence electrons. The third-order valence-electron chi connectivity index (χ3n) is 15.8. The number of benzene rings is 12. The Morgan fingerprint density at radius 1 is 0.260 bits per heavy atom. The van der Waals surface area contributed by atoms with Gasteiger partial charge in [-0.3, -0.25) is 0 Å². The van der Waals surface area contributed by atoms with E-state index in [1.165, 1.54) is 105 Å². The van der Waals surface area contributed by atoms with E-state index in [-0.39, 0.29) is 0 Å². The standard InChI is InChI=1S/C71H46N2/c1-3-22-47(23-4-1)50-26-7-8-28-53(50)57-32-13-18-39-66(57)72(65-38-17-12-27-52(65)48-24-5-2-6-25-48)68-45-44-51(54-29-9-10-31-58(54)68)49-42-43-56-55-30-11-15-35-61(55)71(64(56)46-49)62-36-16-20-41-69(62)73-67-40-19-14-33-59(67)60-34-21-37-63(71)70(60)73/h1-46H. The average molecular weight is 927 g/mol. The average Bonchev–Trinajstić information content (AvgIpc) is 3.96. The summed E-state index contributed by atoms with van der Waals surface area (Å²) in [5, 5.41) is 4.93. The van der Waals surface area contributed by atoms with E-state index in [0.717, 1.165) is 28.2 Å². The molecule has 0 fully saturated rings. The molecule has 12 aromatic carbocycles. The summed E-state index contributed by atoms with van der Waals surface area (Å²) in [5.41, 5.74) is 23.8. The zero-order valence-electron chi connectivity index (χ0n) is 40.0. The molecule has 1 unspecified atom stereocenters. The van der Waals surface area contributed by atoms with Gasteiger partial charge in [0.15, 0.2) is 0 Å². The van der Waals surface area contributed by atoms with Gasteiger partial charge in [0.2, 0.25) is 0 Å². The Morgan fingerprint density at radius 3 is 1.56 bits per heavy atom. The van der Waals surface area contributed by atoms with Crippen LogP contribution in [0, 0.1) is 0 Å². The van der Waals surface area contributed by atoms with Gasteiger partial charge >= 0.3 is 0 Å². The number of hydrogen-bond acceptors (Lipinski definition) is 1. The molecular formula is C71H46N2. The Balaban J connectivity index is 0.974. The number of para-hydroxylation sites is 5. The molecule has 0 bridgehead atoms. The Bertz CT molecular complexity index is 4330. The first kappa shape index (κ1) is 41.3. The van der Waals surface area contributed by atoms with E-state index in [1.807, 2.05) is 0 Å². The van der Waals surface area contributed by atoms with E-state index in [4.69, 9.17) is 0 Å². The predicted octanol–water partition coefficient (Wildman–Crippen LogP) is 18.8. The van der Waals surface area contributed by atoms with Gasteiger partial charge in [0.05, 0.1) is 39.2 Å². The molecule has 2 heterocycles.